The van der Waals surface area contributed by atoms with Crippen molar-refractivity contribution in [3.8, 4) is 0 Å². The van der Waals surface area contributed by atoms with Crippen LogP contribution in [0, 0.1) is 0 Å². The van der Waals surface area contributed by atoms with E-state index in [-0.39, 0.29) is 19.6 Å². The first-order valence-electron chi connectivity index (χ1n) is 22.1. The minimum atomic E-state index is -1.62. The molecule has 0 saturated carbocycles. The zero-order valence-electron chi connectivity index (χ0n) is 35.3. The number of rotatable bonds is 35. The summed E-state index contributed by atoms with van der Waals surface area (Å²) in [5.41, 5.74) is 0. The second-order valence-corrected chi connectivity index (χ2v) is 15.0. The van der Waals surface area contributed by atoms with Crippen LogP contribution in [0.15, 0.2) is 72.9 Å². The maximum Gasteiger partial charge on any atom is 0.330 e. The molecule has 326 valence electrons. The van der Waals surface area contributed by atoms with Crippen molar-refractivity contribution in [2.45, 2.75) is 192 Å². The Morgan fingerprint density at radius 3 is 1.63 bits per heavy atom. The van der Waals surface area contributed by atoms with Gasteiger partial charge in [0.15, 0.2) is 12.4 Å². The average Bonchev–Trinajstić information content (AvgIpc) is 3.21. The summed E-state index contributed by atoms with van der Waals surface area (Å²) in [6.45, 7) is 3.22. The highest BCUT2D eigenvalue weighted by Gasteiger charge is 2.44. The molecule has 57 heavy (non-hydrogen) atoms. The summed E-state index contributed by atoms with van der Waals surface area (Å²) in [6.07, 6.45) is 39.7. The highest BCUT2D eigenvalue weighted by atomic mass is 16.7. The Hall–Kier alpha value is -2.86. The quantitative estimate of drug-likeness (QED) is 0.0161. The SMILES string of the molecule is CCCCCCCCC=CCCCCCCCC(=O)O[C@@H](COC(=O)C=CC=CC=CC=CC=CCCCCCCCCC)CO[C@@H]1O[C@H](CO)[C@H](O)[C@H](O)[C@H]1O. The molecule has 1 rings (SSSR count). The lowest BCUT2D eigenvalue weighted by molar-refractivity contribution is -0.305. The van der Waals surface area contributed by atoms with Crippen LogP contribution >= 0.6 is 0 Å². The number of aliphatic hydroxyl groups excluding tert-OH is 4. The van der Waals surface area contributed by atoms with Gasteiger partial charge in [-0.3, -0.25) is 4.79 Å². The van der Waals surface area contributed by atoms with Crippen LogP contribution in [0.5, 0.6) is 0 Å². The minimum absolute atomic E-state index is 0.186. The molecule has 0 spiro atoms. The normalized spacial score (nSPS) is 21.0. The fourth-order valence-corrected chi connectivity index (χ4v) is 6.24. The standard InChI is InChI=1S/C47H78O10/c1-3-5-7-9-11-13-15-17-19-20-22-23-25-27-29-31-33-35-42(49)54-38-40(39-55-47-46(53)45(52)44(51)41(37-48)57-47)56-43(50)36-34-32-30-28-26-24-21-18-16-14-12-10-8-6-4-2/h18-23,25,27,29,31,33,35,40-41,44-48,51-53H,3-17,24,26,28,30,32,34,36-39H2,1-2H3/t40-,41+,44-,45-,46+,47+/m0/s1. The summed E-state index contributed by atoms with van der Waals surface area (Å²) in [7, 11) is 0. The molecule has 0 radical (unpaired) electrons. The fraction of sp³-hybridized carbons (Fsp3) is 0.702. The maximum absolute atomic E-state index is 12.7. The van der Waals surface area contributed by atoms with Crippen molar-refractivity contribution in [1.82, 2.24) is 0 Å². The summed E-state index contributed by atoms with van der Waals surface area (Å²) in [5.74, 6) is -1.13. The van der Waals surface area contributed by atoms with Crippen LogP contribution in [0.3, 0.4) is 0 Å². The van der Waals surface area contributed by atoms with Gasteiger partial charge in [-0.05, 0) is 44.9 Å². The van der Waals surface area contributed by atoms with Gasteiger partial charge in [-0.1, -0.05) is 171 Å². The zero-order chi connectivity index (χ0) is 41.6. The highest BCUT2D eigenvalue weighted by Crippen LogP contribution is 2.22. The van der Waals surface area contributed by atoms with Crippen LogP contribution in [-0.4, -0.2) is 89.0 Å². The van der Waals surface area contributed by atoms with Crippen LogP contribution < -0.4 is 0 Å². The molecule has 4 N–H and O–H groups in total. The highest BCUT2D eigenvalue weighted by molar-refractivity contribution is 5.82. The number of ether oxygens (including phenoxy) is 4. The second-order valence-electron chi connectivity index (χ2n) is 15.0. The number of unbranched alkanes of at least 4 members (excludes halogenated alkanes) is 18. The molecule has 1 aliphatic heterocycles. The van der Waals surface area contributed by atoms with Gasteiger partial charge in [0.1, 0.15) is 31.0 Å². The summed E-state index contributed by atoms with van der Waals surface area (Å²) < 4.78 is 21.9. The lowest BCUT2D eigenvalue weighted by Gasteiger charge is -2.39. The molecule has 6 atom stereocenters. The molecule has 0 bridgehead atoms. The molecule has 0 aliphatic carbocycles. The minimum Gasteiger partial charge on any atom is -0.458 e. The van der Waals surface area contributed by atoms with Crippen molar-refractivity contribution < 1.29 is 49.0 Å². The molecule has 0 aromatic rings. The first-order chi connectivity index (χ1) is 27.8. The average molecular weight is 803 g/mol. The molecule has 0 aromatic heterocycles. The Labute approximate surface area is 344 Å². The van der Waals surface area contributed by atoms with Gasteiger partial charge in [-0.2, -0.15) is 0 Å². The van der Waals surface area contributed by atoms with Gasteiger partial charge in [0.2, 0.25) is 0 Å². The van der Waals surface area contributed by atoms with E-state index in [4.69, 9.17) is 18.9 Å². The number of esters is 2. The summed E-state index contributed by atoms with van der Waals surface area (Å²) in [6, 6.07) is 0. The van der Waals surface area contributed by atoms with Crippen molar-refractivity contribution in [2.24, 2.45) is 0 Å². The van der Waals surface area contributed by atoms with E-state index in [1.165, 1.54) is 95.6 Å². The number of hydrogen-bond acceptors (Lipinski definition) is 10. The number of carbonyl (C=O) groups is 2. The first-order valence-corrected chi connectivity index (χ1v) is 22.1. The van der Waals surface area contributed by atoms with E-state index >= 15 is 0 Å². The van der Waals surface area contributed by atoms with Crippen molar-refractivity contribution in [3.63, 3.8) is 0 Å². The van der Waals surface area contributed by atoms with E-state index in [0.29, 0.717) is 6.42 Å². The molecule has 10 nitrogen and oxygen atoms in total. The van der Waals surface area contributed by atoms with Crippen molar-refractivity contribution in [1.29, 1.82) is 0 Å². The topological polar surface area (TPSA) is 152 Å². The van der Waals surface area contributed by atoms with E-state index < -0.39 is 55.4 Å². The third kappa shape index (κ3) is 29.1. The van der Waals surface area contributed by atoms with Crippen LogP contribution in [0.1, 0.15) is 155 Å². The Bertz CT molecular complexity index is 1160. The largest absolute Gasteiger partial charge is 0.458 e. The van der Waals surface area contributed by atoms with Crippen LogP contribution in [0.25, 0.3) is 0 Å². The predicted molar refractivity (Wildman–Crippen MR) is 228 cm³/mol. The summed E-state index contributed by atoms with van der Waals surface area (Å²) in [4.78, 5) is 25.2. The molecule has 10 heteroatoms. The molecule has 0 aromatic carbocycles. The van der Waals surface area contributed by atoms with Crippen molar-refractivity contribution >= 4 is 11.9 Å². The molecule has 1 fully saturated rings. The van der Waals surface area contributed by atoms with Crippen LogP contribution in [-0.2, 0) is 28.5 Å². The Morgan fingerprint density at radius 2 is 1.07 bits per heavy atom. The van der Waals surface area contributed by atoms with E-state index in [2.05, 4.69) is 38.2 Å². The number of carbonyl (C=O) groups excluding carboxylic acids is 2. The molecular formula is C47H78O10. The Balaban J connectivity index is 2.46. The Morgan fingerprint density at radius 1 is 0.579 bits per heavy atom. The molecule has 0 unspecified atom stereocenters. The monoisotopic (exact) mass is 803 g/mol. The molecular weight excluding hydrogens is 725 g/mol. The smallest absolute Gasteiger partial charge is 0.330 e. The third-order valence-corrected chi connectivity index (χ3v) is 9.77. The summed E-state index contributed by atoms with van der Waals surface area (Å²) >= 11 is 0. The first kappa shape index (κ1) is 52.2. The fourth-order valence-electron chi connectivity index (χ4n) is 6.24. The van der Waals surface area contributed by atoms with Gasteiger partial charge >= 0.3 is 11.9 Å². The van der Waals surface area contributed by atoms with Gasteiger partial charge in [0.25, 0.3) is 0 Å². The molecule has 1 saturated heterocycles. The van der Waals surface area contributed by atoms with Gasteiger partial charge < -0.3 is 39.4 Å². The number of aliphatic hydroxyl groups is 4. The van der Waals surface area contributed by atoms with Gasteiger partial charge in [0, 0.05) is 12.5 Å². The van der Waals surface area contributed by atoms with E-state index in [1.54, 1.807) is 12.2 Å². The zero-order valence-corrected chi connectivity index (χ0v) is 35.3. The predicted octanol–water partition coefficient (Wildman–Crippen LogP) is 9.22. The summed E-state index contributed by atoms with van der Waals surface area (Å²) in [5, 5.41) is 40.0. The van der Waals surface area contributed by atoms with Crippen molar-refractivity contribution in [2.75, 3.05) is 19.8 Å². The van der Waals surface area contributed by atoms with Crippen molar-refractivity contribution in [3.05, 3.63) is 72.9 Å². The van der Waals surface area contributed by atoms with E-state index in [9.17, 15) is 30.0 Å². The number of hydrogen-bond donors (Lipinski definition) is 4. The molecule has 0 amide bonds. The second kappa shape index (κ2) is 37.4. The molecule has 1 aliphatic rings. The third-order valence-electron chi connectivity index (χ3n) is 9.77. The lowest BCUT2D eigenvalue weighted by Crippen LogP contribution is -2.59. The van der Waals surface area contributed by atoms with E-state index in [0.717, 1.165) is 44.9 Å². The van der Waals surface area contributed by atoms with Gasteiger partial charge in [0.05, 0.1) is 13.2 Å². The molecule has 1 heterocycles. The van der Waals surface area contributed by atoms with Crippen LogP contribution in [0.4, 0.5) is 0 Å². The van der Waals surface area contributed by atoms with Gasteiger partial charge in [-0.15, -0.1) is 0 Å². The van der Waals surface area contributed by atoms with Gasteiger partial charge in [-0.25, -0.2) is 4.79 Å². The van der Waals surface area contributed by atoms with E-state index in [1.807, 2.05) is 24.3 Å². The Kier molecular flexibility index (Phi) is 34.2. The lowest BCUT2D eigenvalue weighted by atomic mass is 9.99. The number of allylic oxidation sites excluding steroid dienone is 11. The maximum atomic E-state index is 12.7. The van der Waals surface area contributed by atoms with Crippen LogP contribution in [0.2, 0.25) is 0 Å².